The van der Waals surface area contributed by atoms with Crippen LogP contribution in [0.5, 0.6) is 0 Å². The number of para-hydroxylation sites is 1. The third kappa shape index (κ3) is 4.31. The summed E-state index contributed by atoms with van der Waals surface area (Å²) in [6.45, 7) is 6.18. The molecule has 1 heterocycles. The van der Waals surface area contributed by atoms with Gasteiger partial charge in [-0.15, -0.1) is 0 Å². The van der Waals surface area contributed by atoms with Crippen molar-refractivity contribution in [3.8, 4) is 0 Å². The van der Waals surface area contributed by atoms with E-state index in [0.29, 0.717) is 11.1 Å². The molecule has 0 spiro atoms. The predicted molar refractivity (Wildman–Crippen MR) is 91.1 cm³/mol. The first kappa shape index (κ1) is 16.5. The Bertz CT molecular complexity index is 618. The fraction of sp³-hybridized carbons (Fsp3) is 0.353. The molecule has 0 radical (unpaired) electrons. The molecule has 0 saturated heterocycles. The van der Waals surface area contributed by atoms with Crippen molar-refractivity contribution in [1.29, 1.82) is 0 Å². The van der Waals surface area contributed by atoms with Crippen LogP contribution < -0.4 is 5.32 Å². The molecule has 4 nitrogen and oxygen atoms in total. The minimum atomic E-state index is -0.257. The maximum atomic E-state index is 12.4. The molecule has 116 valence electrons. The van der Waals surface area contributed by atoms with Gasteiger partial charge in [-0.2, -0.15) is 0 Å². The SMILES string of the molecule is CC[C@H](C)c1ccccc1NC(=O)[C@@H](C)Sc1ncccn1. The zero-order chi connectivity index (χ0) is 15.9. The molecule has 0 bridgehead atoms. The molecule has 2 rings (SSSR count). The van der Waals surface area contributed by atoms with Gasteiger partial charge in [-0.1, -0.05) is 43.8 Å². The smallest absolute Gasteiger partial charge is 0.237 e. The second kappa shape index (κ2) is 7.94. The Morgan fingerprint density at radius 3 is 2.55 bits per heavy atom. The molecule has 1 N–H and O–H groups in total. The van der Waals surface area contributed by atoms with Crippen LogP contribution in [-0.2, 0) is 4.79 Å². The van der Waals surface area contributed by atoms with Crippen LogP contribution in [0, 0.1) is 0 Å². The molecule has 0 aliphatic rings. The Kier molecular flexibility index (Phi) is 5.95. The molecule has 0 aliphatic carbocycles. The highest BCUT2D eigenvalue weighted by atomic mass is 32.2. The van der Waals surface area contributed by atoms with Crippen LogP contribution in [-0.4, -0.2) is 21.1 Å². The van der Waals surface area contributed by atoms with E-state index in [1.165, 1.54) is 17.3 Å². The summed E-state index contributed by atoms with van der Waals surface area (Å²) in [5.41, 5.74) is 2.06. The summed E-state index contributed by atoms with van der Waals surface area (Å²) in [5, 5.41) is 3.38. The summed E-state index contributed by atoms with van der Waals surface area (Å²) in [7, 11) is 0. The van der Waals surface area contributed by atoms with Crippen molar-refractivity contribution >= 4 is 23.4 Å². The molecular weight excluding hydrogens is 294 g/mol. The van der Waals surface area contributed by atoms with Gasteiger partial charge in [0.05, 0.1) is 5.25 Å². The molecule has 2 aromatic rings. The molecule has 22 heavy (non-hydrogen) atoms. The highest BCUT2D eigenvalue weighted by Crippen LogP contribution is 2.27. The van der Waals surface area contributed by atoms with Gasteiger partial charge in [0.15, 0.2) is 5.16 Å². The van der Waals surface area contributed by atoms with Gasteiger partial charge in [0.25, 0.3) is 0 Å². The molecule has 1 aromatic carbocycles. The number of nitrogens with zero attached hydrogens (tertiary/aromatic N) is 2. The van der Waals surface area contributed by atoms with Crippen LogP contribution in [0.15, 0.2) is 47.9 Å². The normalized spacial score (nSPS) is 13.4. The monoisotopic (exact) mass is 315 g/mol. The molecule has 0 fully saturated rings. The highest BCUT2D eigenvalue weighted by Gasteiger charge is 2.18. The fourth-order valence-electron chi connectivity index (χ4n) is 2.05. The van der Waals surface area contributed by atoms with E-state index in [1.54, 1.807) is 18.5 Å². The van der Waals surface area contributed by atoms with Gasteiger partial charge in [-0.25, -0.2) is 9.97 Å². The minimum Gasteiger partial charge on any atom is -0.325 e. The van der Waals surface area contributed by atoms with E-state index in [-0.39, 0.29) is 11.2 Å². The van der Waals surface area contributed by atoms with Crippen LogP contribution in [0.1, 0.15) is 38.7 Å². The lowest BCUT2D eigenvalue weighted by atomic mass is 9.97. The minimum absolute atomic E-state index is 0.0341. The zero-order valence-electron chi connectivity index (χ0n) is 13.1. The molecule has 1 aromatic heterocycles. The maximum Gasteiger partial charge on any atom is 0.237 e. The highest BCUT2D eigenvalue weighted by molar-refractivity contribution is 8.00. The number of rotatable bonds is 6. The standard InChI is InChI=1S/C17H21N3OS/c1-4-12(2)14-8-5-6-9-15(14)20-16(21)13(3)22-17-18-10-7-11-19-17/h5-13H,4H2,1-3H3,(H,20,21)/t12-,13+/m0/s1. The van der Waals surface area contributed by atoms with Crippen molar-refractivity contribution < 1.29 is 4.79 Å². The fourth-order valence-corrected chi connectivity index (χ4v) is 2.78. The Morgan fingerprint density at radius 2 is 1.86 bits per heavy atom. The summed E-state index contributed by atoms with van der Waals surface area (Å²) in [6.07, 6.45) is 4.39. The van der Waals surface area contributed by atoms with Crippen LogP contribution in [0.4, 0.5) is 5.69 Å². The Morgan fingerprint density at radius 1 is 1.18 bits per heavy atom. The molecule has 0 aliphatic heterocycles. The predicted octanol–water partition coefficient (Wildman–Crippen LogP) is 4.11. The van der Waals surface area contributed by atoms with E-state index >= 15 is 0 Å². The average molecular weight is 315 g/mol. The number of nitrogens with one attached hydrogen (secondary N) is 1. The van der Waals surface area contributed by atoms with Crippen LogP contribution in [0.3, 0.4) is 0 Å². The van der Waals surface area contributed by atoms with Gasteiger partial charge in [0.1, 0.15) is 0 Å². The van der Waals surface area contributed by atoms with Crippen LogP contribution in [0.25, 0.3) is 0 Å². The van der Waals surface area contributed by atoms with Crippen molar-refractivity contribution in [2.45, 2.75) is 43.5 Å². The van der Waals surface area contributed by atoms with Crippen LogP contribution >= 0.6 is 11.8 Å². The molecule has 0 unspecified atom stereocenters. The number of thioether (sulfide) groups is 1. The van der Waals surface area contributed by atoms with Gasteiger partial charge in [0.2, 0.25) is 5.91 Å². The molecule has 1 amide bonds. The lowest BCUT2D eigenvalue weighted by molar-refractivity contribution is -0.115. The number of anilines is 1. The van der Waals surface area contributed by atoms with E-state index in [0.717, 1.165) is 12.1 Å². The summed E-state index contributed by atoms with van der Waals surface area (Å²) < 4.78 is 0. The van der Waals surface area contributed by atoms with Gasteiger partial charge in [0, 0.05) is 18.1 Å². The topological polar surface area (TPSA) is 54.9 Å². The largest absolute Gasteiger partial charge is 0.325 e. The number of hydrogen-bond donors (Lipinski definition) is 1. The number of carbonyl (C=O) groups excluding carboxylic acids is 1. The summed E-state index contributed by atoms with van der Waals surface area (Å²) in [6, 6.07) is 9.74. The van der Waals surface area contributed by atoms with Crippen molar-refractivity contribution in [2.24, 2.45) is 0 Å². The molecular formula is C17H21N3OS. The number of amides is 1. The lowest BCUT2D eigenvalue weighted by Gasteiger charge is -2.17. The Balaban J connectivity index is 2.05. The van der Waals surface area contributed by atoms with Crippen molar-refractivity contribution in [2.75, 3.05) is 5.32 Å². The summed E-state index contributed by atoms with van der Waals surface area (Å²) in [4.78, 5) is 20.7. The van der Waals surface area contributed by atoms with Gasteiger partial charge in [-0.05, 0) is 37.0 Å². The van der Waals surface area contributed by atoms with Crippen molar-refractivity contribution in [1.82, 2.24) is 9.97 Å². The third-order valence-electron chi connectivity index (χ3n) is 3.56. The number of hydrogen-bond acceptors (Lipinski definition) is 4. The Hall–Kier alpha value is -1.88. The number of benzene rings is 1. The molecule has 0 saturated carbocycles. The van der Waals surface area contributed by atoms with E-state index in [1.807, 2.05) is 25.1 Å². The average Bonchev–Trinajstić information content (AvgIpc) is 2.55. The van der Waals surface area contributed by atoms with Gasteiger partial charge >= 0.3 is 0 Å². The van der Waals surface area contributed by atoms with E-state index < -0.39 is 0 Å². The first-order chi connectivity index (χ1) is 10.6. The first-order valence-electron chi connectivity index (χ1n) is 7.45. The van der Waals surface area contributed by atoms with E-state index in [4.69, 9.17) is 0 Å². The lowest BCUT2D eigenvalue weighted by Crippen LogP contribution is -2.23. The van der Waals surface area contributed by atoms with E-state index in [9.17, 15) is 4.79 Å². The number of carbonyl (C=O) groups is 1. The van der Waals surface area contributed by atoms with E-state index in [2.05, 4.69) is 35.2 Å². The van der Waals surface area contributed by atoms with Crippen molar-refractivity contribution in [3.05, 3.63) is 48.3 Å². The van der Waals surface area contributed by atoms with Gasteiger partial charge in [-0.3, -0.25) is 4.79 Å². The quantitative estimate of drug-likeness (QED) is 0.644. The number of aromatic nitrogens is 2. The first-order valence-corrected chi connectivity index (χ1v) is 8.33. The summed E-state index contributed by atoms with van der Waals surface area (Å²) >= 11 is 1.36. The molecule has 2 atom stereocenters. The summed E-state index contributed by atoms with van der Waals surface area (Å²) in [5.74, 6) is 0.380. The maximum absolute atomic E-state index is 12.4. The second-order valence-corrected chi connectivity index (χ2v) is 6.49. The zero-order valence-corrected chi connectivity index (χ0v) is 13.9. The second-order valence-electron chi connectivity index (χ2n) is 5.18. The van der Waals surface area contributed by atoms with Crippen molar-refractivity contribution in [3.63, 3.8) is 0 Å². The molecule has 5 heteroatoms. The Labute approximate surface area is 135 Å². The van der Waals surface area contributed by atoms with Crippen LogP contribution in [0.2, 0.25) is 0 Å². The van der Waals surface area contributed by atoms with Gasteiger partial charge < -0.3 is 5.32 Å². The third-order valence-corrected chi connectivity index (χ3v) is 4.54.